The van der Waals surface area contributed by atoms with E-state index in [0.717, 1.165) is 30.8 Å². The normalized spacial score (nSPS) is 12.3. The maximum absolute atomic E-state index is 8.78. The summed E-state index contributed by atoms with van der Waals surface area (Å²) in [4.78, 5) is 1.25. The molecule has 114 valence electrons. The van der Waals surface area contributed by atoms with Crippen LogP contribution in [0.3, 0.4) is 0 Å². The molecule has 1 heterocycles. The van der Waals surface area contributed by atoms with E-state index >= 15 is 0 Å². The predicted molar refractivity (Wildman–Crippen MR) is 88.8 cm³/mol. The fourth-order valence-corrected chi connectivity index (χ4v) is 2.85. The Morgan fingerprint density at radius 3 is 2.81 bits per heavy atom. The van der Waals surface area contributed by atoms with Crippen molar-refractivity contribution in [3.05, 3.63) is 42.7 Å². The molecular weight excluding hydrogens is 282 g/mol. The molecule has 0 spiro atoms. The van der Waals surface area contributed by atoms with E-state index in [1.54, 1.807) is 11.8 Å². The number of anilines is 1. The number of aromatic nitrogens is 2. The van der Waals surface area contributed by atoms with Crippen molar-refractivity contribution in [2.75, 3.05) is 17.7 Å². The molecule has 0 radical (unpaired) electrons. The Labute approximate surface area is 130 Å². The number of aryl methyl sites for hydroxylation is 1. The first kappa shape index (κ1) is 15.9. The van der Waals surface area contributed by atoms with Crippen LogP contribution in [-0.4, -0.2) is 33.3 Å². The molecule has 2 N–H and O–H groups in total. The van der Waals surface area contributed by atoms with Gasteiger partial charge in [-0.15, -0.1) is 11.8 Å². The van der Waals surface area contributed by atoms with Crippen molar-refractivity contribution in [3.8, 4) is 0 Å². The third-order valence-corrected chi connectivity index (χ3v) is 4.29. The van der Waals surface area contributed by atoms with Crippen molar-refractivity contribution < 1.29 is 5.11 Å². The molecule has 0 bridgehead atoms. The smallest absolute Gasteiger partial charge is 0.0489 e. The molecule has 5 heteroatoms. The highest BCUT2D eigenvalue weighted by Gasteiger charge is 2.03. The van der Waals surface area contributed by atoms with E-state index in [2.05, 4.69) is 41.6 Å². The summed E-state index contributed by atoms with van der Waals surface area (Å²) in [7, 11) is 0. The number of rotatable bonds is 9. The first-order chi connectivity index (χ1) is 10.3. The highest BCUT2D eigenvalue weighted by molar-refractivity contribution is 7.99. The number of thioether (sulfide) groups is 1. The highest BCUT2D eigenvalue weighted by atomic mass is 32.2. The lowest BCUT2D eigenvalue weighted by atomic mass is 10.2. The van der Waals surface area contributed by atoms with Crippen LogP contribution in [-0.2, 0) is 6.54 Å². The van der Waals surface area contributed by atoms with Crippen LogP contribution in [0, 0.1) is 0 Å². The van der Waals surface area contributed by atoms with E-state index in [9.17, 15) is 0 Å². The minimum Gasteiger partial charge on any atom is -0.396 e. The third-order valence-electron chi connectivity index (χ3n) is 3.19. The summed E-state index contributed by atoms with van der Waals surface area (Å²) in [5.74, 6) is 0.962. The third kappa shape index (κ3) is 5.81. The molecular formula is C16H23N3OS. The van der Waals surface area contributed by atoms with Crippen LogP contribution < -0.4 is 5.32 Å². The fraction of sp³-hybridized carbons (Fsp3) is 0.438. The molecule has 0 aliphatic heterocycles. The van der Waals surface area contributed by atoms with Gasteiger partial charge >= 0.3 is 0 Å². The quantitative estimate of drug-likeness (QED) is 0.551. The SMILES string of the molecule is CC(CCn1cccn1)Nc1ccc(SCCCO)cc1. The van der Waals surface area contributed by atoms with E-state index in [1.165, 1.54) is 4.90 Å². The van der Waals surface area contributed by atoms with E-state index in [4.69, 9.17) is 5.11 Å². The molecule has 1 aromatic carbocycles. The Kier molecular flexibility index (Phi) is 6.63. The minimum atomic E-state index is 0.264. The topological polar surface area (TPSA) is 50.1 Å². The molecule has 1 unspecified atom stereocenters. The first-order valence-corrected chi connectivity index (χ1v) is 8.34. The van der Waals surface area contributed by atoms with Gasteiger partial charge in [0.25, 0.3) is 0 Å². The Balaban J connectivity index is 1.74. The van der Waals surface area contributed by atoms with Gasteiger partial charge in [0, 0.05) is 47.9 Å². The molecule has 0 aliphatic carbocycles. The van der Waals surface area contributed by atoms with Gasteiger partial charge in [-0.1, -0.05) is 0 Å². The lowest BCUT2D eigenvalue weighted by Gasteiger charge is -2.15. The Bertz CT molecular complexity index is 499. The van der Waals surface area contributed by atoms with Crippen molar-refractivity contribution in [1.82, 2.24) is 9.78 Å². The second-order valence-corrected chi connectivity index (χ2v) is 6.22. The van der Waals surface area contributed by atoms with Gasteiger partial charge < -0.3 is 10.4 Å². The summed E-state index contributed by atoms with van der Waals surface area (Å²) in [6, 6.07) is 10.8. The molecule has 0 aliphatic rings. The summed E-state index contributed by atoms with van der Waals surface area (Å²) in [5.41, 5.74) is 1.15. The Morgan fingerprint density at radius 2 is 2.14 bits per heavy atom. The van der Waals surface area contributed by atoms with Gasteiger partial charge in [0.05, 0.1) is 0 Å². The van der Waals surface area contributed by atoms with Crippen LogP contribution in [0.4, 0.5) is 5.69 Å². The van der Waals surface area contributed by atoms with Crippen molar-refractivity contribution in [2.24, 2.45) is 0 Å². The van der Waals surface area contributed by atoms with Crippen LogP contribution >= 0.6 is 11.8 Å². The van der Waals surface area contributed by atoms with Crippen molar-refractivity contribution in [1.29, 1.82) is 0 Å². The minimum absolute atomic E-state index is 0.264. The number of benzene rings is 1. The maximum Gasteiger partial charge on any atom is 0.0489 e. The first-order valence-electron chi connectivity index (χ1n) is 7.35. The average Bonchev–Trinajstić information content (AvgIpc) is 3.01. The number of aliphatic hydroxyl groups is 1. The molecule has 4 nitrogen and oxygen atoms in total. The van der Waals surface area contributed by atoms with Crippen molar-refractivity contribution >= 4 is 17.4 Å². The monoisotopic (exact) mass is 305 g/mol. The zero-order valence-electron chi connectivity index (χ0n) is 12.4. The van der Waals surface area contributed by atoms with Crippen LogP contribution in [0.5, 0.6) is 0 Å². The van der Waals surface area contributed by atoms with Gasteiger partial charge in [-0.2, -0.15) is 5.10 Å². The zero-order chi connectivity index (χ0) is 14.9. The molecule has 2 rings (SSSR count). The number of hydrogen-bond acceptors (Lipinski definition) is 4. The highest BCUT2D eigenvalue weighted by Crippen LogP contribution is 2.21. The van der Waals surface area contributed by atoms with E-state index < -0.39 is 0 Å². The largest absolute Gasteiger partial charge is 0.396 e. The average molecular weight is 305 g/mol. The molecule has 0 saturated carbocycles. The van der Waals surface area contributed by atoms with Gasteiger partial charge in [0.2, 0.25) is 0 Å². The van der Waals surface area contributed by atoms with E-state index in [-0.39, 0.29) is 6.61 Å². The standard InChI is InChI=1S/C16H23N3OS/c1-14(8-11-19-10-2-9-17-19)18-15-4-6-16(7-5-15)21-13-3-12-20/h2,4-7,9-10,14,18,20H,3,8,11-13H2,1H3. The second-order valence-electron chi connectivity index (χ2n) is 5.05. The lowest BCUT2D eigenvalue weighted by Crippen LogP contribution is -2.17. The summed E-state index contributed by atoms with van der Waals surface area (Å²) in [6.45, 7) is 3.38. The molecule has 1 atom stereocenters. The van der Waals surface area contributed by atoms with Crippen LogP contribution in [0.15, 0.2) is 47.6 Å². The van der Waals surface area contributed by atoms with Gasteiger partial charge in [0.15, 0.2) is 0 Å². The Morgan fingerprint density at radius 1 is 1.33 bits per heavy atom. The number of aliphatic hydroxyl groups excluding tert-OH is 1. The summed E-state index contributed by atoms with van der Waals surface area (Å²) in [5, 5.41) is 16.5. The van der Waals surface area contributed by atoms with Crippen molar-refractivity contribution in [3.63, 3.8) is 0 Å². The van der Waals surface area contributed by atoms with E-state index in [1.807, 2.05) is 23.1 Å². The summed E-state index contributed by atoms with van der Waals surface area (Å²) >= 11 is 1.78. The predicted octanol–water partition coefficient (Wildman–Crippen LogP) is 3.25. The fourth-order valence-electron chi connectivity index (χ4n) is 2.02. The van der Waals surface area contributed by atoms with Crippen LogP contribution in [0.2, 0.25) is 0 Å². The maximum atomic E-state index is 8.78. The van der Waals surface area contributed by atoms with Gasteiger partial charge in [-0.3, -0.25) is 4.68 Å². The molecule has 0 fully saturated rings. The Hall–Kier alpha value is -1.46. The van der Waals surface area contributed by atoms with Gasteiger partial charge in [-0.25, -0.2) is 0 Å². The molecule has 1 aromatic heterocycles. The van der Waals surface area contributed by atoms with Gasteiger partial charge in [-0.05, 0) is 50.1 Å². The lowest BCUT2D eigenvalue weighted by molar-refractivity contribution is 0.296. The van der Waals surface area contributed by atoms with Crippen LogP contribution in [0.25, 0.3) is 0 Å². The zero-order valence-corrected chi connectivity index (χ0v) is 13.2. The molecule has 0 saturated heterocycles. The number of nitrogens with zero attached hydrogens (tertiary/aromatic N) is 2. The van der Waals surface area contributed by atoms with E-state index in [0.29, 0.717) is 6.04 Å². The summed E-state index contributed by atoms with van der Waals surface area (Å²) < 4.78 is 1.96. The molecule has 0 amide bonds. The number of nitrogens with one attached hydrogen (secondary N) is 1. The summed E-state index contributed by atoms with van der Waals surface area (Å²) in [6.07, 6.45) is 5.68. The molecule has 2 aromatic rings. The second kappa shape index (κ2) is 8.74. The van der Waals surface area contributed by atoms with Crippen LogP contribution in [0.1, 0.15) is 19.8 Å². The number of hydrogen-bond donors (Lipinski definition) is 2. The van der Waals surface area contributed by atoms with Crippen molar-refractivity contribution in [2.45, 2.75) is 37.2 Å². The van der Waals surface area contributed by atoms with Gasteiger partial charge in [0.1, 0.15) is 0 Å². The molecule has 21 heavy (non-hydrogen) atoms.